The van der Waals surface area contributed by atoms with E-state index in [1.807, 2.05) is 0 Å². The van der Waals surface area contributed by atoms with E-state index in [0.717, 1.165) is 0 Å². The van der Waals surface area contributed by atoms with Gasteiger partial charge in [-0.2, -0.15) is 74.6 Å². The van der Waals surface area contributed by atoms with E-state index >= 15 is 0 Å². The third-order valence-corrected chi connectivity index (χ3v) is 4.28. The molecule has 0 bridgehead atoms. The van der Waals surface area contributed by atoms with Gasteiger partial charge in [-0.1, -0.05) is 0 Å². The van der Waals surface area contributed by atoms with Crippen molar-refractivity contribution in [1.82, 2.24) is 0 Å². The Balaban J connectivity index is 3.54. The molecule has 0 unspecified atom stereocenters. The van der Waals surface area contributed by atoms with Gasteiger partial charge in [-0.05, 0) is 35.9 Å². The molecule has 0 radical (unpaired) electrons. The fourth-order valence-corrected chi connectivity index (χ4v) is 2.16. The monoisotopic (exact) mass is 586 g/mol. The van der Waals surface area contributed by atoms with Gasteiger partial charge in [0.05, 0.1) is 0 Å². The fraction of sp³-hybridized carbons (Fsp3) is 0.438. The highest BCUT2D eigenvalue weighted by Gasteiger charge is 2.93. The highest BCUT2D eigenvalue weighted by Crippen LogP contribution is 2.63. The molecule has 0 aliphatic rings. The lowest BCUT2D eigenvalue weighted by molar-refractivity contribution is -0.451. The lowest BCUT2D eigenvalue weighted by atomic mass is 9.91. The van der Waals surface area contributed by atoms with Crippen LogP contribution < -0.4 is 4.74 Å². The van der Waals surface area contributed by atoms with Crippen molar-refractivity contribution >= 4 is 16.8 Å². The Hall–Kier alpha value is -2.47. The summed E-state index contributed by atoms with van der Waals surface area (Å²) in [7, 11) is 0. The summed E-state index contributed by atoms with van der Waals surface area (Å²) >= 11 is 4.99. The normalized spacial score (nSPS) is 15.5. The number of allylic oxidation sites excluding steroid dienone is 1. The van der Waals surface area contributed by atoms with Crippen LogP contribution >= 0.6 is 11.6 Å². The van der Waals surface area contributed by atoms with Gasteiger partial charge in [0.2, 0.25) is 5.83 Å². The van der Waals surface area contributed by atoms with E-state index in [2.05, 4.69) is 4.74 Å². The molecule has 36 heavy (non-hydrogen) atoms. The Morgan fingerprint density at radius 3 is 1.33 bits per heavy atom. The highest BCUT2D eigenvalue weighted by molar-refractivity contribution is 6.67. The standard InChI is InChI=1S/C16H4ClF17O2/c17-8(35)5-1-3-6(4-2-5)36-9(19)7(18)10(20,21)11(22,23)12(24,25)13(26,27)14(28,29)15(30,31)16(32,33)34/h1-4H. The van der Waals surface area contributed by atoms with Gasteiger partial charge in [0, 0.05) is 5.56 Å². The number of halogens is 18. The molecule has 0 aliphatic carbocycles. The molecule has 1 aromatic rings. The molecule has 1 aromatic carbocycles. The molecule has 0 N–H and O–H groups in total. The first kappa shape index (κ1) is 31.6. The summed E-state index contributed by atoms with van der Waals surface area (Å²) < 4.78 is 226. The van der Waals surface area contributed by atoms with Crippen molar-refractivity contribution in [2.75, 3.05) is 0 Å². The van der Waals surface area contributed by atoms with Gasteiger partial charge in [0.1, 0.15) is 5.75 Å². The Kier molecular flexibility index (Phi) is 8.00. The molecular weight excluding hydrogens is 583 g/mol. The summed E-state index contributed by atoms with van der Waals surface area (Å²) in [6, 6.07) is -1.57. The first-order chi connectivity index (χ1) is 15.7. The summed E-state index contributed by atoms with van der Waals surface area (Å²) in [5.41, 5.74) is -0.413. The maximum atomic E-state index is 13.6. The van der Waals surface area contributed by atoms with Gasteiger partial charge in [-0.15, -0.1) is 0 Å². The second kappa shape index (κ2) is 9.13. The van der Waals surface area contributed by atoms with Crippen molar-refractivity contribution in [3.05, 3.63) is 41.7 Å². The van der Waals surface area contributed by atoms with Crippen LogP contribution in [0.3, 0.4) is 0 Å². The van der Waals surface area contributed by atoms with Crippen LogP contribution in [0.4, 0.5) is 74.6 Å². The molecule has 20 heteroatoms. The number of carbonyl (C=O) groups is 1. The van der Waals surface area contributed by atoms with Crippen molar-refractivity contribution in [3.63, 3.8) is 0 Å². The maximum Gasteiger partial charge on any atom is 0.460 e. The molecule has 1 rings (SSSR count). The van der Waals surface area contributed by atoms with Gasteiger partial charge < -0.3 is 4.74 Å². The molecule has 0 fully saturated rings. The molecule has 0 atom stereocenters. The lowest BCUT2D eigenvalue weighted by Crippen LogP contribution is -2.72. The molecule has 0 saturated heterocycles. The van der Waals surface area contributed by atoms with Crippen LogP contribution in [0.2, 0.25) is 0 Å². The van der Waals surface area contributed by atoms with E-state index in [0.29, 0.717) is 24.3 Å². The molecule has 0 spiro atoms. The highest BCUT2D eigenvalue weighted by atomic mass is 35.5. The minimum Gasteiger partial charge on any atom is -0.430 e. The number of rotatable bonds is 9. The first-order valence-corrected chi connectivity index (χ1v) is 8.46. The van der Waals surface area contributed by atoms with E-state index in [4.69, 9.17) is 11.6 Å². The molecule has 0 aliphatic heterocycles. The fourth-order valence-electron chi connectivity index (χ4n) is 2.03. The second-order valence-electron chi connectivity index (χ2n) is 6.43. The van der Waals surface area contributed by atoms with Gasteiger partial charge in [0.25, 0.3) is 5.24 Å². The molecule has 0 aromatic heterocycles. The van der Waals surface area contributed by atoms with Crippen molar-refractivity contribution in [1.29, 1.82) is 0 Å². The zero-order chi connectivity index (χ0) is 28.9. The largest absolute Gasteiger partial charge is 0.460 e. The number of ether oxygens (including phenoxy) is 1. The SMILES string of the molecule is O=C(Cl)c1ccc(OC(F)=C(F)C(F)(F)C(F)(F)C(F)(F)C(F)(F)C(F)(F)C(F)(F)C(F)(F)F)cc1. The average Bonchev–Trinajstić information content (AvgIpc) is 2.71. The summed E-state index contributed by atoms with van der Waals surface area (Å²) in [6.45, 7) is 0. The van der Waals surface area contributed by atoms with Crippen molar-refractivity contribution in [2.45, 2.75) is 41.7 Å². The number of carbonyl (C=O) groups excluding carboxylic acids is 1. The Morgan fingerprint density at radius 1 is 0.611 bits per heavy atom. The zero-order valence-corrected chi connectivity index (χ0v) is 16.7. The summed E-state index contributed by atoms with van der Waals surface area (Å²) in [6.07, 6.45) is -7.80. The van der Waals surface area contributed by atoms with Gasteiger partial charge in [-0.3, -0.25) is 4.79 Å². The van der Waals surface area contributed by atoms with Crippen LogP contribution in [0.5, 0.6) is 5.75 Å². The van der Waals surface area contributed by atoms with Crippen LogP contribution in [0.15, 0.2) is 36.1 Å². The zero-order valence-electron chi connectivity index (χ0n) is 15.9. The molecule has 0 heterocycles. The third-order valence-electron chi connectivity index (χ3n) is 4.06. The Morgan fingerprint density at radius 2 is 0.972 bits per heavy atom. The van der Waals surface area contributed by atoms with Crippen LogP contribution in [-0.4, -0.2) is 47.0 Å². The second-order valence-corrected chi connectivity index (χ2v) is 6.78. The summed E-state index contributed by atoms with van der Waals surface area (Å²) in [5, 5.41) is -1.19. The van der Waals surface area contributed by atoms with E-state index in [1.54, 1.807) is 0 Å². The summed E-state index contributed by atoms with van der Waals surface area (Å²) in [4.78, 5) is 10.8. The average molecular weight is 587 g/mol. The van der Waals surface area contributed by atoms with Gasteiger partial charge in [0.15, 0.2) is 0 Å². The van der Waals surface area contributed by atoms with Crippen molar-refractivity contribution in [3.8, 4) is 5.75 Å². The number of hydrogen-bond donors (Lipinski definition) is 0. The smallest absolute Gasteiger partial charge is 0.430 e. The number of hydrogen-bond acceptors (Lipinski definition) is 2. The lowest BCUT2D eigenvalue weighted by Gasteiger charge is -2.41. The van der Waals surface area contributed by atoms with Crippen molar-refractivity contribution in [2.24, 2.45) is 0 Å². The Bertz CT molecular complexity index is 1010. The van der Waals surface area contributed by atoms with Gasteiger partial charge in [-0.25, -0.2) is 0 Å². The van der Waals surface area contributed by atoms with Crippen molar-refractivity contribution < 1.29 is 84.2 Å². The number of alkyl halides is 15. The molecule has 2 nitrogen and oxygen atoms in total. The maximum absolute atomic E-state index is 13.6. The molecular formula is C16H4ClF17O2. The first-order valence-electron chi connectivity index (χ1n) is 8.09. The number of benzene rings is 1. The predicted molar refractivity (Wildman–Crippen MR) is 82.2 cm³/mol. The van der Waals surface area contributed by atoms with Crippen LogP contribution in [0, 0.1) is 0 Å². The van der Waals surface area contributed by atoms with E-state index < -0.39 is 70.1 Å². The van der Waals surface area contributed by atoms with Crippen LogP contribution in [0.25, 0.3) is 0 Å². The minimum atomic E-state index is -8.66. The van der Waals surface area contributed by atoms with Crippen LogP contribution in [-0.2, 0) is 0 Å². The molecule has 0 saturated carbocycles. The topological polar surface area (TPSA) is 26.3 Å². The minimum absolute atomic E-state index is 0.404. The Labute approximate surface area is 191 Å². The van der Waals surface area contributed by atoms with Gasteiger partial charge >= 0.3 is 47.7 Å². The van der Waals surface area contributed by atoms with E-state index in [9.17, 15) is 79.4 Å². The summed E-state index contributed by atoms with van der Waals surface area (Å²) in [5.74, 6) is -55.6. The predicted octanol–water partition coefficient (Wildman–Crippen LogP) is 7.93. The molecule has 0 amide bonds. The quantitative estimate of drug-likeness (QED) is 0.167. The molecule has 206 valence electrons. The van der Waals surface area contributed by atoms with Crippen LogP contribution in [0.1, 0.15) is 10.4 Å². The van der Waals surface area contributed by atoms with E-state index in [-0.39, 0.29) is 0 Å². The van der Waals surface area contributed by atoms with E-state index in [1.165, 1.54) is 0 Å². The third kappa shape index (κ3) is 4.65.